The van der Waals surface area contributed by atoms with E-state index < -0.39 is 0 Å². The van der Waals surface area contributed by atoms with Gasteiger partial charge in [0.1, 0.15) is 0 Å². The van der Waals surface area contributed by atoms with Gasteiger partial charge in [0.05, 0.1) is 12.2 Å². The summed E-state index contributed by atoms with van der Waals surface area (Å²) in [6, 6.07) is 8.10. The van der Waals surface area contributed by atoms with Gasteiger partial charge in [-0.05, 0) is 76.6 Å². The molecule has 1 unspecified atom stereocenters. The Balaban J connectivity index is 1.59. The Morgan fingerprint density at radius 3 is 2.44 bits per heavy atom. The smallest absolute Gasteiger partial charge is 0.253 e. The number of amides is 1. The summed E-state index contributed by atoms with van der Waals surface area (Å²) in [7, 11) is 1.99. The molecule has 2 heterocycles. The van der Waals surface area contributed by atoms with Gasteiger partial charge in [0, 0.05) is 44.0 Å². The number of piperidine rings is 1. The van der Waals surface area contributed by atoms with Gasteiger partial charge in [0.2, 0.25) is 0 Å². The number of guanidine groups is 1. The molecule has 0 bridgehead atoms. The number of rotatable bonds is 7. The zero-order valence-corrected chi connectivity index (χ0v) is 20.2. The van der Waals surface area contributed by atoms with Gasteiger partial charge in [-0.1, -0.05) is 12.1 Å². The number of carbonyl (C=O) groups is 1. The minimum Gasteiger partial charge on any atom is -0.357 e. The van der Waals surface area contributed by atoms with Crippen LogP contribution in [0.1, 0.15) is 66.0 Å². The summed E-state index contributed by atoms with van der Waals surface area (Å²) in [5, 5.41) is 11.4. The third kappa shape index (κ3) is 6.11. The lowest BCUT2D eigenvalue weighted by Gasteiger charge is -2.26. The highest BCUT2D eigenvalue weighted by Crippen LogP contribution is 2.15. The highest BCUT2D eigenvalue weighted by atomic mass is 16.2. The van der Waals surface area contributed by atoms with Crippen molar-refractivity contribution < 1.29 is 4.79 Å². The molecule has 1 aromatic carbocycles. The molecule has 0 saturated carbocycles. The van der Waals surface area contributed by atoms with Crippen molar-refractivity contribution in [2.45, 2.75) is 66.0 Å². The molecule has 3 rings (SSSR count). The minimum atomic E-state index is 0.143. The fourth-order valence-electron chi connectivity index (χ4n) is 4.23. The largest absolute Gasteiger partial charge is 0.357 e. The molecule has 1 atom stereocenters. The maximum atomic E-state index is 12.7. The van der Waals surface area contributed by atoms with Crippen LogP contribution in [0.3, 0.4) is 0 Å². The van der Waals surface area contributed by atoms with Crippen molar-refractivity contribution in [1.29, 1.82) is 0 Å². The van der Waals surface area contributed by atoms with Crippen molar-refractivity contribution in [3.8, 4) is 0 Å². The van der Waals surface area contributed by atoms with Crippen molar-refractivity contribution in [3.63, 3.8) is 0 Å². The minimum absolute atomic E-state index is 0.143. The normalized spacial score (nSPS) is 15.5. The summed E-state index contributed by atoms with van der Waals surface area (Å²) in [5.41, 5.74) is 5.43. The average Bonchev–Trinajstić information content (AvgIpc) is 3.04. The number of hydrogen-bond donors (Lipinski definition) is 2. The van der Waals surface area contributed by atoms with E-state index in [4.69, 9.17) is 4.99 Å². The third-order valence-electron chi connectivity index (χ3n) is 6.16. The van der Waals surface area contributed by atoms with Crippen LogP contribution in [0, 0.1) is 13.8 Å². The van der Waals surface area contributed by atoms with Crippen molar-refractivity contribution in [3.05, 3.63) is 52.3 Å². The van der Waals surface area contributed by atoms with Crippen LogP contribution in [-0.2, 0) is 20.0 Å². The summed E-state index contributed by atoms with van der Waals surface area (Å²) in [6.45, 7) is 11.5. The SMILES string of the molecule is CCNC(=NCc1ccc(C(=O)N2CCCCC2)cc1)NC(C)Cc1c(C)nn(C)c1C. The maximum absolute atomic E-state index is 12.7. The lowest BCUT2D eigenvalue weighted by Crippen LogP contribution is -2.43. The van der Waals surface area contributed by atoms with Crippen molar-refractivity contribution in [2.24, 2.45) is 12.0 Å². The van der Waals surface area contributed by atoms with Crippen LogP contribution in [0.4, 0.5) is 0 Å². The van der Waals surface area contributed by atoms with Crippen molar-refractivity contribution >= 4 is 11.9 Å². The van der Waals surface area contributed by atoms with Gasteiger partial charge >= 0.3 is 0 Å². The molecule has 7 nitrogen and oxygen atoms in total. The predicted molar refractivity (Wildman–Crippen MR) is 130 cm³/mol. The molecule has 1 aliphatic rings. The number of hydrogen-bond acceptors (Lipinski definition) is 3. The van der Waals surface area contributed by atoms with Crippen LogP contribution in [0.2, 0.25) is 0 Å². The van der Waals surface area contributed by atoms with Gasteiger partial charge in [0.15, 0.2) is 5.96 Å². The second kappa shape index (κ2) is 11.2. The van der Waals surface area contributed by atoms with Crippen molar-refractivity contribution in [1.82, 2.24) is 25.3 Å². The highest BCUT2D eigenvalue weighted by Gasteiger charge is 2.18. The number of carbonyl (C=O) groups excluding carboxylic acids is 1. The molecule has 1 aromatic heterocycles. The lowest BCUT2D eigenvalue weighted by atomic mass is 10.1. The molecule has 2 N–H and O–H groups in total. The molecule has 2 aromatic rings. The van der Waals surface area contributed by atoms with E-state index in [0.717, 1.165) is 61.7 Å². The molecule has 1 amide bonds. The lowest BCUT2D eigenvalue weighted by molar-refractivity contribution is 0.0724. The Kier molecular flexibility index (Phi) is 8.31. The zero-order valence-electron chi connectivity index (χ0n) is 20.2. The van der Waals surface area contributed by atoms with Gasteiger partial charge in [-0.25, -0.2) is 4.99 Å². The van der Waals surface area contributed by atoms with Crippen molar-refractivity contribution in [2.75, 3.05) is 19.6 Å². The second-order valence-electron chi connectivity index (χ2n) is 8.77. The van der Waals surface area contributed by atoms with E-state index in [0.29, 0.717) is 6.54 Å². The van der Waals surface area contributed by atoms with Crippen LogP contribution in [-0.4, -0.2) is 52.2 Å². The van der Waals surface area contributed by atoms with E-state index in [-0.39, 0.29) is 11.9 Å². The quantitative estimate of drug-likeness (QED) is 0.514. The number of nitrogens with one attached hydrogen (secondary N) is 2. The number of aliphatic imine (C=N–C) groups is 1. The monoisotopic (exact) mass is 438 g/mol. The fourth-order valence-corrected chi connectivity index (χ4v) is 4.23. The molecule has 1 fully saturated rings. The number of likely N-dealkylation sites (tertiary alicyclic amines) is 1. The van der Waals surface area contributed by atoms with Gasteiger partial charge in [-0.2, -0.15) is 5.10 Å². The summed E-state index contributed by atoms with van der Waals surface area (Å²) in [6.07, 6.45) is 4.33. The maximum Gasteiger partial charge on any atom is 0.253 e. The second-order valence-corrected chi connectivity index (χ2v) is 8.77. The van der Waals surface area contributed by atoms with Crippen LogP contribution in [0.15, 0.2) is 29.3 Å². The van der Waals surface area contributed by atoms with Crippen LogP contribution in [0.25, 0.3) is 0 Å². The standard InChI is InChI=1S/C25H38N6O/c1-6-26-25(28-18(2)16-23-19(3)29-30(5)20(23)4)27-17-21-10-12-22(13-11-21)24(32)31-14-8-7-9-15-31/h10-13,18H,6-9,14-17H2,1-5H3,(H2,26,27,28). The summed E-state index contributed by atoms with van der Waals surface area (Å²) in [5.74, 6) is 0.942. The van der Waals surface area contributed by atoms with E-state index in [1.807, 2.05) is 40.9 Å². The van der Waals surface area contributed by atoms with Gasteiger partial charge in [-0.15, -0.1) is 0 Å². The molecule has 1 saturated heterocycles. The Labute approximate surface area is 192 Å². The number of nitrogens with zero attached hydrogens (tertiary/aromatic N) is 4. The number of aromatic nitrogens is 2. The Morgan fingerprint density at radius 1 is 1.16 bits per heavy atom. The van der Waals surface area contributed by atoms with Crippen LogP contribution in [0.5, 0.6) is 0 Å². The van der Waals surface area contributed by atoms with E-state index in [1.54, 1.807) is 0 Å². The Bertz CT molecular complexity index is 925. The molecular weight excluding hydrogens is 400 g/mol. The molecule has 0 radical (unpaired) electrons. The van der Waals surface area contributed by atoms with E-state index >= 15 is 0 Å². The molecule has 7 heteroatoms. The predicted octanol–water partition coefficient (Wildman–Crippen LogP) is 3.35. The molecule has 1 aliphatic heterocycles. The summed E-state index contributed by atoms with van der Waals surface area (Å²) in [4.78, 5) is 19.4. The summed E-state index contributed by atoms with van der Waals surface area (Å²) < 4.78 is 1.94. The third-order valence-corrected chi connectivity index (χ3v) is 6.16. The van der Waals surface area contributed by atoms with Gasteiger partial charge in [0.25, 0.3) is 5.91 Å². The molecular formula is C25H38N6O. The molecule has 32 heavy (non-hydrogen) atoms. The van der Waals surface area contributed by atoms with E-state index in [9.17, 15) is 4.79 Å². The molecule has 0 spiro atoms. The summed E-state index contributed by atoms with van der Waals surface area (Å²) >= 11 is 0. The Hall–Kier alpha value is -2.83. The van der Waals surface area contributed by atoms with Gasteiger partial charge < -0.3 is 15.5 Å². The average molecular weight is 439 g/mol. The Morgan fingerprint density at radius 2 is 1.84 bits per heavy atom. The van der Waals surface area contributed by atoms with E-state index in [1.165, 1.54) is 17.7 Å². The molecule has 174 valence electrons. The first-order chi connectivity index (χ1) is 15.4. The van der Waals surface area contributed by atoms with Crippen LogP contribution < -0.4 is 10.6 Å². The zero-order chi connectivity index (χ0) is 23.1. The number of benzene rings is 1. The van der Waals surface area contributed by atoms with Gasteiger partial charge in [-0.3, -0.25) is 9.48 Å². The first kappa shape index (κ1) is 23.8. The highest BCUT2D eigenvalue weighted by molar-refractivity contribution is 5.94. The topological polar surface area (TPSA) is 74.6 Å². The van der Waals surface area contributed by atoms with Crippen LogP contribution >= 0.6 is 0 Å². The first-order valence-electron chi connectivity index (χ1n) is 11.8. The first-order valence-corrected chi connectivity index (χ1v) is 11.8. The number of aryl methyl sites for hydroxylation is 2. The van der Waals surface area contributed by atoms with E-state index in [2.05, 4.69) is 43.4 Å². The fraction of sp³-hybridized carbons (Fsp3) is 0.560. The molecule has 0 aliphatic carbocycles.